The van der Waals surface area contributed by atoms with Crippen LogP contribution in [0.1, 0.15) is 19.8 Å². The van der Waals surface area contributed by atoms with Gasteiger partial charge in [-0.15, -0.1) is 0 Å². The van der Waals surface area contributed by atoms with Gasteiger partial charge in [0.2, 0.25) is 11.8 Å². The van der Waals surface area contributed by atoms with Gasteiger partial charge in [-0.25, -0.2) is 4.98 Å². The van der Waals surface area contributed by atoms with Crippen LogP contribution < -0.4 is 15.4 Å². The maximum Gasteiger partial charge on any atom is 0.247 e. The molecule has 0 radical (unpaired) electrons. The fourth-order valence-electron chi connectivity index (χ4n) is 1.68. The highest BCUT2D eigenvalue weighted by molar-refractivity contribution is 6.03. The average Bonchev–Trinajstić information content (AvgIpc) is 2.30. The zero-order valence-corrected chi connectivity index (χ0v) is 9.28. The van der Waals surface area contributed by atoms with E-state index in [2.05, 4.69) is 20.6 Å². The first-order valence-electron chi connectivity index (χ1n) is 5.22. The molecule has 2 heterocycles. The molecule has 16 heavy (non-hydrogen) atoms. The predicted octanol–water partition coefficient (Wildman–Crippen LogP) is 1.02. The first-order valence-corrected chi connectivity index (χ1v) is 5.22. The average molecular weight is 222 g/mol. The number of methoxy groups -OCH3 is 1. The number of anilines is 2. The van der Waals surface area contributed by atoms with E-state index in [1.807, 2.05) is 6.92 Å². The summed E-state index contributed by atoms with van der Waals surface area (Å²) in [6, 6.07) is -0.225. The quantitative estimate of drug-likeness (QED) is 0.798. The van der Waals surface area contributed by atoms with Crippen LogP contribution in [0, 0.1) is 0 Å². The molecule has 0 aromatic carbocycles. The molecule has 2 rings (SSSR count). The van der Waals surface area contributed by atoms with Gasteiger partial charge in [-0.05, 0) is 6.42 Å². The molecule has 1 aliphatic rings. The van der Waals surface area contributed by atoms with Crippen LogP contribution >= 0.6 is 0 Å². The number of ether oxygens (including phenoxy) is 1. The Morgan fingerprint density at radius 2 is 2.31 bits per heavy atom. The third-order valence-corrected chi connectivity index (χ3v) is 2.46. The molecule has 0 saturated heterocycles. The standard InChI is InChI=1S/C10H14N4O2/c1-3-4-6-9(15)14-7-8(13-6)11-5-12-10(7)16-2/h5-6H,3-4H2,1-2H3,(H,14,15)(H,11,12,13). The molecule has 1 aromatic heterocycles. The molecule has 0 spiro atoms. The van der Waals surface area contributed by atoms with Crippen LogP contribution in [0.5, 0.6) is 5.88 Å². The van der Waals surface area contributed by atoms with Crippen LogP contribution in [-0.2, 0) is 4.79 Å². The molecule has 1 amide bonds. The van der Waals surface area contributed by atoms with E-state index in [0.717, 1.165) is 12.8 Å². The van der Waals surface area contributed by atoms with E-state index in [4.69, 9.17) is 4.74 Å². The van der Waals surface area contributed by atoms with E-state index in [1.165, 1.54) is 13.4 Å². The van der Waals surface area contributed by atoms with Crippen molar-refractivity contribution in [3.63, 3.8) is 0 Å². The lowest BCUT2D eigenvalue weighted by molar-refractivity contribution is -0.117. The Kier molecular flexibility index (Phi) is 2.89. The first kappa shape index (κ1) is 10.7. The summed E-state index contributed by atoms with van der Waals surface area (Å²) in [4.78, 5) is 19.7. The van der Waals surface area contributed by atoms with Crippen molar-refractivity contribution in [1.29, 1.82) is 0 Å². The maximum atomic E-state index is 11.7. The zero-order valence-electron chi connectivity index (χ0n) is 9.28. The monoisotopic (exact) mass is 222 g/mol. The van der Waals surface area contributed by atoms with Crippen molar-refractivity contribution >= 4 is 17.4 Å². The van der Waals surface area contributed by atoms with Crippen molar-refractivity contribution in [2.75, 3.05) is 17.7 Å². The SMILES string of the molecule is CCCC1Nc2ncnc(OC)c2NC1=O. The number of aromatic nitrogens is 2. The van der Waals surface area contributed by atoms with Gasteiger partial charge >= 0.3 is 0 Å². The number of hydrogen-bond acceptors (Lipinski definition) is 5. The number of carbonyl (C=O) groups is 1. The van der Waals surface area contributed by atoms with Crippen molar-refractivity contribution in [2.45, 2.75) is 25.8 Å². The Labute approximate surface area is 93.4 Å². The Bertz CT molecular complexity index is 408. The lowest BCUT2D eigenvalue weighted by Crippen LogP contribution is -2.39. The summed E-state index contributed by atoms with van der Waals surface area (Å²) in [6.45, 7) is 2.03. The summed E-state index contributed by atoms with van der Waals surface area (Å²) in [7, 11) is 1.51. The molecule has 0 bridgehead atoms. The van der Waals surface area contributed by atoms with Crippen molar-refractivity contribution < 1.29 is 9.53 Å². The third kappa shape index (κ3) is 1.78. The van der Waals surface area contributed by atoms with E-state index in [0.29, 0.717) is 17.4 Å². The summed E-state index contributed by atoms with van der Waals surface area (Å²) in [5.74, 6) is 0.924. The summed E-state index contributed by atoms with van der Waals surface area (Å²) >= 11 is 0. The van der Waals surface area contributed by atoms with Crippen molar-refractivity contribution in [2.24, 2.45) is 0 Å². The molecule has 1 aromatic rings. The molecule has 86 valence electrons. The highest BCUT2D eigenvalue weighted by atomic mass is 16.5. The van der Waals surface area contributed by atoms with Crippen LogP contribution in [0.15, 0.2) is 6.33 Å². The van der Waals surface area contributed by atoms with Gasteiger partial charge in [-0.1, -0.05) is 13.3 Å². The fraction of sp³-hybridized carbons (Fsp3) is 0.500. The molecule has 6 nitrogen and oxygen atoms in total. The summed E-state index contributed by atoms with van der Waals surface area (Å²) in [5.41, 5.74) is 0.516. The summed E-state index contributed by atoms with van der Waals surface area (Å²) in [5, 5.41) is 5.84. The van der Waals surface area contributed by atoms with Crippen LogP contribution in [0.3, 0.4) is 0 Å². The van der Waals surface area contributed by atoms with Crippen LogP contribution in [-0.4, -0.2) is 29.0 Å². The lowest BCUT2D eigenvalue weighted by Gasteiger charge is -2.25. The molecule has 6 heteroatoms. The first-order chi connectivity index (χ1) is 7.76. The highest BCUT2D eigenvalue weighted by Gasteiger charge is 2.28. The Balaban J connectivity index is 2.30. The second-order valence-electron chi connectivity index (χ2n) is 3.58. The molecule has 1 aliphatic heterocycles. The van der Waals surface area contributed by atoms with Gasteiger partial charge in [0.15, 0.2) is 5.82 Å². The summed E-state index contributed by atoms with van der Waals surface area (Å²) in [6.07, 6.45) is 3.12. The van der Waals surface area contributed by atoms with Gasteiger partial charge in [0.1, 0.15) is 18.1 Å². The molecular formula is C10H14N4O2. The van der Waals surface area contributed by atoms with Crippen LogP contribution in [0.25, 0.3) is 0 Å². The van der Waals surface area contributed by atoms with E-state index >= 15 is 0 Å². The Morgan fingerprint density at radius 3 is 3.00 bits per heavy atom. The summed E-state index contributed by atoms with van der Waals surface area (Å²) < 4.78 is 5.05. The molecule has 1 atom stereocenters. The predicted molar refractivity (Wildman–Crippen MR) is 59.5 cm³/mol. The molecule has 0 fully saturated rings. The van der Waals surface area contributed by atoms with Crippen molar-refractivity contribution in [3.8, 4) is 5.88 Å². The highest BCUT2D eigenvalue weighted by Crippen LogP contribution is 2.32. The van der Waals surface area contributed by atoms with Gasteiger partial charge in [0.25, 0.3) is 0 Å². The maximum absolute atomic E-state index is 11.7. The van der Waals surface area contributed by atoms with E-state index in [9.17, 15) is 4.79 Å². The fourth-order valence-corrected chi connectivity index (χ4v) is 1.68. The Hall–Kier alpha value is -1.85. The minimum absolute atomic E-state index is 0.0672. The number of hydrogen-bond donors (Lipinski definition) is 2. The number of amides is 1. The molecule has 0 aliphatic carbocycles. The van der Waals surface area contributed by atoms with E-state index in [1.54, 1.807) is 0 Å². The second-order valence-corrected chi connectivity index (χ2v) is 3.58. The van der Waals surface area contributed by atoms with Crippen LogP contribution in [0.2, 0.25) is 0 Å². The molecule has 2 N–H and O–H groups in total. The zero-order chi connectivity index (χ0) is 11.5. The topological polar surface area (TPSA) is 76.1 Å². The van der Waals surface area contributed by atoms with E-state index in [-0.39, 0.29) is 11.9 Å². The van der Waals surface area contributed by atoms with Gasteiger partial charge in [-0.2, -0.15) is 4.98 Å². The lowest BCUT2D eigenvalue weighted by atomic mass is 10.1. The number of rotatable bonds is 3. The van der Waals surface area contributed by atoms with Gasteiger partial charge in [0, 0.05) is 0 Å². The largest absolute Gasteiger partial charge is 0.479 e. The smallest absolute Gasteiger partial charge is 0.247 e. The molecule has 1 unspecified atom stereocenters. The molecule has 0 saturated carbocycles. The minimum atomic E-state index is -0.225. The number of nitrogens with one attached hydrogen (secondary N) is 2. The third-order valence-electron chi connectivity index (χ3n) is 2.46. The van der Waals surface area contributed by atoms with Gasteiger partial charge < -0.3 is 15.4 Å². The van der Waals surface area contributed by atoms with Crippen molar-refractivity contribution in [1.82, 2.24) is 9.97 Å². The molecular weight excluding hydrogens is 208 g/mol. The van der Waals surface area contributed by atoms with E-state index < -0.39 is 0 Å². The van der Waals surface area contributed by atoms with Gasteiger partial charge in [-0.3, -0.25) is 4.79 Å². The van der Waals surface area contributed by atoms with Crippen molar-refractivity contribution in [3.05, 3.63) is 6.33 Å². The minimum Gasteiger partial charge on any atom is -0.479 e. The second kappa shape index (κ2) is 4.34. The van der Waals surface area contributed by atoms with Gasteiger partial charge in [0.05, 0.1) is 7.11 Å². The number of carbonyl (C=O) groups excluding carboxylic acids is 1. The normalized spacial score (nSPS) is 18.4. The number of nitrogens with zero attached hydrogens (tertiary/aromatic N) is 2. The van der Waals surface area contributed by atoms with Crippen LogP contribution in [0.4, 0.5) is 11.5 Å². The Morgan fingerprint density at radius 1 is 1.50 bits per heavy atom. The number of fused-ring (bicyclic) bond motifs is 1.